The van der Waals surface area contributed by atoms with E-state index in [9.17, 15) is 4.79 Å². The maximum atomic E-state index is 12.3. The van der Waals surface area contributed by atoms with Crippen molar-refractivity contribution in [2.75, 3.05) is 30.0 Å². The number of nitrogens with zero attached hydrogens (tertiary/aromatic N) is 1. The van der Waals surface area contributed by atoms with Gasteiger partial charge in [0.15, 0.2) is 0 Å². The van der Waals surface area contributed by atoms with Crippen molar-refractivity contribution in [1.29, 1.82) is 0 Å². The van der Waals surface area contributed by atoms with Gasteiger partial charge >= 0.3 is 0 Å². The van der Waals surface area contributed by atoms with Crippen LogP contribution in [0.3, 0.4) is 0 Å². The Hall–Kier alpha value is -0.880. The zero-order valence-electron chi connectivity index (χ0n) is 11.9. The number of hydrogen-bond acceptors (Lipinski definition) is 5. The van der Waals surface area contributed by atoms with Crippen molar-refractivity contribution in [2.24, 2.45) is 5.92 Å². The highest BCUT2D eigenvalue weighted by molar-refractivity contribution is 7.99. The highest BCUT2D eigenvalue weighted by Gasteiger charge is 2.30. The summed E-state index contributed by atoms with van der Waals surface area (Å²) in [5.74, 6) is 0.723. The lowest BCUT2D eigenvalue weighted by Crippen LogP contribution is -2.25. The van der Waals surface area contributed by atoms with Crippen molar-refractivity contribution >= 4 is 39.7 Å². The van der Waals surface area contributed by atoms with E-state index in [0.29, 0.717) is 16.6 Å². The molecule has 3 rings (SSSR count). The molecule has 1 aliphatic carbocycles. The molecule has 1 atom stereocenters. The predicted octanol–water partition coefficient (Wildman–Crippen LogP) is 2.79. The Morgan fingerprint density at radius 2 is 2.20 bits per heavy atom. The zero-order chi connectivity index (χ0) is 14.3. The standard InChI is InChI=1S/C14H21N3OS2/c1-8-5-6-17(7-8)14-12(19-2)10(15)11(20-14)13(18)16-9-3-4-9/h8-9H,3-7,15H2,1-2H3,(H,16,18). The fraction of sp³-hybridized carbons (Fsp3) is 0.643. The van der Waals surface area contributed by atoms with E-state index < -0.39 is 0 Å². The summed E-state index contributed by atoms with van der Waals surface area (Å²) in [5, 5.41) is 4.22. The van der Waals surface area contributed by atoms with Crippen molar-refractivity contribution in [3.05, 3.63) is 4.88 Å². The van der Waals surface area contributed by atoms with Crippen LogP contribution < -0.4 is 16.0 Å². The third-order valence-corrected chi connectivity index (χ3v) is 6.13. The Labute approximate surface area is 128 Å². The molecular weight excluding hydrogens is 290 g/mol. The van der Waals surface area contributed by atoms with Gasteiger partial charge in [0.2, 0.25) is 0 Å². The van der Waals surface area contributed by atoms with Gasteiger partial charge in [-0.1, -0.05) is 6.92 Å². The zero-order valence-corrected chi connectivity index (χ0v) is 13.6. The summed E-state index contributed by atoms with van der Waals surface area (Å²) < 4.78 is 0. The van der Waals surface area contributed by atoms with E-state index in [2.05, 4.69) is 17.1 Å². The van der Waals surface area contributed by atoms with Crippen LogP contribution in [-0.4, -0.2) is 31.3 Å². The second kappa shape index (κ2) is 5.48. The number of thiophene rings is 1. The Morgan fingerprint density at radius 3 is 2.75 bits per heavy atom. The summed E-state index contributed by atoms with van der Waals surface area (Å²) in [5.41, 5.74) is 6.88. The summed E-state index contributed by atoms with van der Waals surface area (Å²) in [6.07, 6.45) is 5.45. The van der Waals surface area contributed by atoms with Gasteiger partial charge in [-0.05, 0) is 31.4 Å². The van der Waals surface area contributed by atoms with Gasteiger partial charge in [0.1, 0.15) is 9.88 Å². The second-order valence-electron chi connectivity index (χ2n) is 5.77. The van der Waals surface area contributed by atoms with Gasteiger partial charge in [-0.15, -0.1) is 23.1 Å². The minimum atomic E-state index is 0.00351. The lowest BCUT2D eigenvalue weighted by Gasteiger charge is -2.17. The summed E-state index contributed by atoms with van der Waals surface area (Å²) in [4.78, 5) is 16.4. The van der Waals surface area contributed by atoms with Crippen LogP contribution in [0.15, 0.2) is 4.90 Å². The molecular formula is C14H21N3OS2. The van der Waals surface area contributed by atoms with Crippen molar-refractivity contribution in [3.8, 4) is 0 Å². The van der Waals surface area contributed by atoms with Gasteiger partial charge in [0.25, 0.3) is 5.91 Å². The van der Waals surface area contributed by atoms with Gasteiger partial charge < -0.3 is 16.0 Å². The molecule has 1 saturated heterocycles. The number of nitrogen functional groups attached to an aromatic ring is 1. The molecule has 1 unspecified atom stereocenters. The molecule has 6 heteroatoms. The lowest BCUT2D eigenvalue weighted by atomic mass is 10.2. The van der Waals surface area contributed by atoms with E-state index in [1.165, 1.54) is 11.4 Å². The van der Waals surface area contributed by atoms with Gasteiger partial charge in [-0.3, -0.25) is 4.79 Å². The lowest BCUT2D eigenvalue weighted by molar-refractivity contribution is 0.0956. The molecule has 3 N–H and O–H groups in total. The largest absolute Gasteiger partial charge is 0.396 e. The normalized spacial score (nSPS) is 22.3. The fourth-order valence-corrected chi connectivity index (χ4v) is 4.71. The number of nitrogens with one attached hydrogen (secondary N) is 1. The highest BCUT2D eigenvalue weighted by Crippen LogP contribution is 2.45. The molecule has 1 aromatic heterocycles. The number of carbonyl (C=O) groups excluding carboxylic acids is 1. The first-order valence-electron chi connectivity index (χ1n) is 7.12. The molecule has 0 aromatic carbocycles. The van der Waals surface area contributed by atoms with Crippen LogP contribution in [0.4, 0.5) is 10.7 Å². The Morgan fingerprint density at radius 1 is 1.45 bits per heavy atom. The molecule has 1 saturated carbocycles. The van der Waals surface area contributed by atoms with Crippen molar-refractivity contribution in [2.45, 2.75) is 37.1 Å². The molecule has 2 aliphatic rings. The van der Waals surface area contributed by atoms with Crippen LogP contribution in [0.5, 0.6) is 0 Å². The van der Waals surface area contributed by atoms with Crippen LogP contribution in [0, 0.1) is 5.92 Å². The van der Waals surface area contributed by atoms with Crippen LogP contribution in [-0.2, 0) is 0 Å². The molecule has 0 bridgehead atoms. The number of thioether (sulfide) groups is 1. The van der Waals surface area contributed by atoms with Crippen LogP contribution in [0.25, 0.3) is 0 Å². The van der Waals surface area contributed by atoms with E-state index in [0.717, 1.165) is 36.7 Å². The van der Waals surface area contributed by atoms with Crippen LogP contribution >= 0.6 is 23.1 Å². The molecule has 0 radical (unpaired) electrons. The Kier molecular flexibility index (Phi) is 3.86. The first-order valence-corrected chi connectivity index (χ1v) is 9.16. The van der Waals surface area contributed by atoms with E-state index in [1.54, 1.807) is 23.1 Å². The van der Waals surface area contributed by atoms with Gasteiger partial charge in [-0.25, -0.2) is 0 Å². The Bertz CT molecular complexity index is 525. The van der Waals surface area contributed by atoms with Crippen LogP contribution in [0.2, 0.25) is 0 Å². The first kappa shape index (κ1) is 14.1. The average Bonchev–Trinajstić information content (AvgIpc) is 3.01. The average molecular weight is 311 g/mol. The molecule has 2 heterocycles. The minimum Gasteiger partial charge on any atom is -0.396 e. The van der Waals surface area contributed by atoms with Crippen molar-refractivity contribution in [1.82, 2.24) is 5.32 Å². The first-order chi connectivity index (χ1) is 9.60. The molecule has 1 aromatic rings. The number of amides is 1. The van der Waals surface area contributed by atoms with E-state index >= 15 is 0 Å². The summed E-state index contributed by atoms with van der Waals surface area (Å²) in [7, 11) is 0. The van der Waals surface area contributed by atoms with Crippen LogP contribution in [0.1, 0.15) is 35.9 Å². The number of nitrogens with two attached hydrogens (primary N) is 1. The maximum absolute atomic E-state index is 12.3. The van der Waals surface area contributed by atoms with Gasteiger partial charge in [-0.2, -0.15) is 0 Å². The number of carbonyl (C=O) groups is 1. The SMILES string of the molecule is CSc1c(N2CCC(C)C2)sc(C(=O)NC2CC2)c1N. The monoisotopic (exact) mass is 311 g/mol. The molecule has 1 amide bonds. The quantitative estimate of drug-likeness (QED) is 0.840. The molecule has 1 aliphatic heterocycles. The minimum absolute atomic E-state index is 0.00351. The molecule has 0 spiro atoms. The number of anilines is 2. The third kappa shape index (κ3) is 2.63. The van der Waals surface area contributed by atoms with Gasteiger partial charge in [0, 0.05) is 19.1 Å². The number of rotatable bonds is 4. The topological polar surface area (TPSA) is 58.4 Å². The molecule has 2 fully saturated rings. The van der Waals surface area contributed by atoms with Crippen molar-refractivity contribution < 1.29 is 4.79 Å². The Balaban J connectivity index is 1.87. The molecule has 110 valence electrons. The second-order valence-corrected chi connectivity index (χ2v) is 7.59. The summed E-state index contributed by atoms with van der Waals surface area (Å²) in [6, 6.07) is 0.372. The predicted molar refractivity (Wildman–Crippen MR) is 87.0 cm³/mol. The summed E-state index contributed by atoms with van der Waals surface area (Å²) in [6.45, 7) is 4.41. The van der Waals surface area contributed by atoms with E-state index in [1.807, 2.05) is 6.26 Å². The summed E-state index contributed by atoms with van der Waals surface area (Å²) >= 11 is 3.20. The highest BCUT2D eigenvalue weighted by atomic mass is 32.2. The number of hydrogen-bond donors (Lipinski definition) is 2. The fourth-order valence-electron chi connectivity index (χ4n) is 2.59. The van der Waals surface area contributed by atoms with Crippen molar-refractivity contribution in [3.63, 3.8) is 0 Å². The van der Waals surface area contributed by atoms with E-state index in [4.69, 9.17) is 5.73 Å². The maximum Gasteiger partial charge on any atom is 0.263 e. The smallest absolute Gasteiger partial charge is 0.263 e. The molecule has 4 nitrogen and oxygen atoms in total. The third-order valence-electron chi connectivity index (χ3n) is 3.92. The molecule has 20 heavy (non-hydrogen) atoms. The van der Waals surface area contributed by atoms with Gasteiger partial charge in [0.05, 0.1) is 10.6 Å². The van der Waals surface area contributed by atoms with E-state index in [-0.39, 0.29) is 5.91 Å².